The van der Waals surface area contributed by atoms with Gasteiger partial charge in [-0.1, -0.05) is 20.8 Å². The Kier molecular flexibility index (Phi) is 4.46. The first kappa shape index (κ1) is 14.0. The standard InChI is InChI=1S/C15H26N2S/c1-15(2,3)14-5-4-13(18-14)11-17-8-6-12(10-16)7-9-17/h4-5,12H,6-11,16H2,1-3H3. The van der Waals surface area contributed by atoms with Crippen LogP contribution in [0.2, 0.25) is 0 Å². The summed E-state index contributed by atoms with van der Waals surface area (Å²) < 4.78 is 0. The quantitative estimate of drug-likeness (QED) is 0.910. The highest BCUT2D eigenvalue weighted by Crippen LogP contribution is 2.30. The molecule has 0 amide bonds. The second-order valence-corrected chi connectivity index (χ2v) is 7.64. The van der Waals surface area contributed by atoms with Crippen molar-refractivity contribution in [3.8, 4) is 0 Å². The van der Waals surface area contributed by atoms with Gasteiger partial charge in [-0.3, -0.25) is 4.90 Å². The third-order valence-electron chi connectivity index (χ3n) is 3.82. The Bertz CT molecular complexity index is 370. The number of rotatable bonds is 3. The third-order valence-corrected chi connectivity index (χ3v) is 5.32. The Hall–Kier alpha value is -0.380. The SMILES string of the molecule is CC(C)(C)c1ccc(CN2CCC(CN)CC2)s1. The maximum atomic E-state index is 5.74. The van der Waals surface area contributed by atoms with E-state index in [9.17, 15) is 0 Å². The Labute approximate surface area is 115 Å². The maximum Gasteiger partial charge on any atom is 0.0328 e. The van der Waals surface area contributed by atoms with Crippen LogP contribution in [0, 0.1) is 5.92 Å². The van der Waals surface area contributed by atoms with Gasteiger partial charge in [0, 0.05) is 16.3 Å². The Morgan fingerprint density at radius 2 is 1.94 bits per heavy atom. The van der Waals surface area contributed by atoms with Crippen molar-refractivity contribution in [3.63, 3.8) is 0 Å². The second-order valence-electron chi connectivity index (χ2n) is 6.47. The molecule has 2 N–H and O–H groups in total. The molecule has 0 atom stereocenters. The molecule has 1 aliphatic heterocycles. The zero-order valence-electron chi connectivity index (χ0n) is 11.9. The fourth-order valence-corrected chi connectivity index (χ4v) is 3.57. The highest BCUT2D eigenvalue weighted by Gasteiger charge is 2.20. The number of nitrogens with two attached hydrogens (primary N) is 1. The number of likely N-dealkylation sites (tertiary alicyclic amines) is 1. The van der Waals surface area contributed by atoms with Crippen LogP contribution >= 0.6 is 11.3 Å². The molecular formula is C15H26N2S. The molecule has 3 heteroatoms. The predicted molar refractivity (Wildman–Crippen MR) is 80.1 cm³/mol. The lowest BCUT2D eigenvalue weighted by Crippen LogP contribution is -2.35. The summed E-state index contributed by atoms with van der Waals surface area (Å²) in [5, 5.41) is 0. The monoisotopic (exact) mass is 266 g/mol. The summed E-state index contributed by atoms with van der Waals surface area (Å²) in [6, 6.07) is 4.60. The van der Waals surface area contributed by atoms with E-state index in [4.69, 9.17) is 5.73 Å². The summed E-state index contributed by atoms with van der Waals surface area (Å²) in [6.07, 6.45) is 2.54. The minimum atomic E-state index is 0.287. The lowest BCUT2D eigenvalue weighted by atomic mass is 9.95. The smallest absolute Gasteiger partial charge is 0.0328 e. The molecule has 0 radical (unpaired) electrons. The van der Waals surface area contributed by atoms with Crippen LogP contribution in [0.15, 0.2) is 12.1 Å². The minimum Gasteiger partial charge on any atom is -0.330 e. The zero-order valence-corrected chi connectivity index (χ0v) is 12.7. The first-order valence-corrected chi connectivity index (χ1v) is 7.82. The Morgan fingerprint density at radius 3 is 2.44 bits per heavy atom. The van der Waals surface area contributed by atoms with E-state index in [1.165, 1.54) is 35.7 Å². The average molecular weight is 266 g/mol. The van der Waals surface area contributed by atoms with E-state index < -0.39 is 0 Å². The van der Waals surface area contributed by atoms with E-state index in [1.54, 1.807) is 0 Å². The molecule has 0 aromatic carbocycles. The van der Waals surface area contributed by atoms with Crippen molar-refractivity contribution in [1.82, 2.24) is 4.90 Å². The van der Waals surface area contributed by atoms with Crippen LogP contribution in [-0.4, -0.2) is 24.5 Å². The van der Waals surface area contributed by atoms with Crippen LogP contribution in [-0.2, 0) is 12.0 Å². The molecule has 1 aromatic heterocycles. The Morgan fingerprint density at radius 1 is 1.28 bits per heavy atom. The van der Waals surface area contributed by atoms with Gasteiger partial charge in [0.2, 0.25) is 0 Å². The third kappa shape index (κ3) is 3.56. The second kappa shape index (κ2) is 5.72. The topological polar surface area (TPSA) is 29.3 Å². The molecule has 1 aliphatic rings. The summed E-state index contributed by atoms with van der Waals surface area (Å²) in [6.45, 7) is 11.3. The van der Waals surface area contributed by atoms with Gasteiger partial charge in [-0.15, -0.1) is 11.3 Å². The van der Waals surface area contributed by atoms with E-state index in [-0.39, 0.29) is 5.41 Å². The van der Waals surface area contributed by atoms with Gasteiger partial charge in [-0.25, -0.2) is 0 Å². The van der Waals surface area contributed by atoms with Gasteiger partial charge >= 0.3 is 0 Å². The highest BCUT2D eigenvalue weighted by molar-refractivity contribution is 7.12. The minimum absolute atomic E-state index is 0.287. The van der Waals surface area contributed by atoms with Gasteiger partial charge in [0.1, 0.15) is 0 Å². The predicted octanol–water partition coefficient (Wildman–Crippen LogP) is 3.22. The molecule has 18 heavy (non-hydrogen) atoms. The van der Waals surface area contributed by atoms with E-state index in [1.807, 2.05) is 11.3 Å². The van der Waals surface area contributed by atoms with E-state index in [0.717, 1.165) is 19.0 Å². The van der Waals surface area contributed by atoms with Gasteiger partial charge in [0.05, 0.1) is 0 Å². The van der Waals surface area contributed by atoms with Gasteiger partial charge in [-0.2, -0.15) is 0 Å². The van der Waals surface area contributed by atoms with Crippen LogP contribution in [0.5, 0.6) is 0 Å². The van der Waals surface area contributed by atoms with E-state index in [0.29, 0.717) is 0 Å². The first-order chi connectivity index (χ1) is 8.49. The summed E-state index contributed by atoms with van der Waals surface area (Å²) in [4.78, 5) is 5.57. The van der Waals surface area contributed by atoms with Crippen molar-refractivity contribution in [2.45, 2.75) is 45.6 Å². The lowest BCUT2D eigenvalue weighted by molar-refractivity contribution is 0.182. The molecule has 0 unspecified atom stereocenters. The summed E-state index contributed by atoms with van der Waals surface area (Å²) >= 11 is 1.97. The lowest BCUT2D eigenvalue weighted by Gasteiger charge is -2.30. The van der Waals surface area contributed by atoms with Crippen molar-refractivity contribution in [1.29, 1.82) is 0 Å². The number of nitrogens with zero attached hydrogens (tertiary/aromatic N) is 1. The largest absolute Gasteiger partial charge is 0.330 e. The molecule has 1 fully saturated rings. The molecular weight excluding hydrogens is 240 g/mol. The fraction of sp³-hybridized carbons (Fsp3) is 0.733. The van der Waals surface area contributed by atoms with E-state index in [2.05, 4.69) is 37.8 Å². The van der Waals surface area contributed by atoms with Crippen LogP contribution in [0.25, 0.3) is 0 Å². The number of thiophene rings is 1. The normalized spacial score (nSPS) is 19.3. The van der Waals surface area contributed by atoms with Crippen LogP contribution < -0.4 is 5.73 Å². The molecule has 1 saturated heterocycles. The first-order valence-electron chi connectivity index (χ1n) is 7.00. The molecule has 102 valence electrons. The average Bonchev–Trinajstić information content (AvgIpc) is 2.78. The molecule has 2 heterocycles. The van der Waals surface area contributed by atoms with Gasteiger partial charge < -0.3 is 5.73 Å². The van der Waals surface area contributed by atoms with Crippen LogP contribution in [0.4, 0.5) is 0 Å². The zero-order chi connectivity index (χ0) is 13.2. The number of piperidine rings is 1. The van der Waals surface area contributed by atoms with Crippen molar-refractivity contribution in [2.24, 2.45) is 11.7 Å². The highest BCUT2D eigenvalue weighted by atomic mass is 32.1. The van der Waals surface area contributed by atoms with Gasteiger partial charge in [0.25, 0.3) is 0 Å². The molecule has 1 aromatic rings. The molecule has 0 aliphatic carbocycles. The summed E-state index contributed by atoms with van der Waals surface area (Å²) in [7, 11) is 0. The van der Waals surface area contributed by atoms with Gasteiger partial charge in [-0.05, 0) is 55.9 Å². The molecule has 0 spiro atoms. The summed E-state index contributed by atoms with van der Waals surface area (Å²) in [5.41, 5.74) is 6.02. The number of hydrogen-bond acceptors (Lipinski definition) is 3. The van der Waals surface area contributed by atoms with Crippen molar-refractivity contribution in [3.05, 3.63) is 21.9 Å². The molecule has 0 bridgehead atoms. The molecule has 0 saturated carbocycles. The summed E-state index contributed by atoms with van der Waals surface area (Å²) in [5.74, 6) is 0.759. The maximum absolute atomic E-state index is 5.74. The number of hydrogen-bond donors (Lipinski definition) is 1. The van der Waals surface area contributed by atoms with Crippen LogP contribution in [0.3, 0.4) is 0 Å². The fourth-order valence-electron chi connectivity index (χ4n) is 2.47. The van der Waals surface area contributed by atoms with Gasteiger partial charge in [0.15, 0.2) is 0 Å². The molecule has 2 rings (SSSR count). The molecule has 2 nitrogen and oxygen atoms in total. The van der Waals surface area contributed by atoms with Crippen molar-refractivity contribution in [2.75, 3.05) is 19.6 Å². The Balaban J connectivity index is 1.89. The van der Waals surface area contributed by atoms with E-state index >= 15 is 0 Å². The van der Waals surface area contributed by atoms with Crippen molar-refractivity contribution < 1.29 is 0 Å². The van der Waals surface area contributed by atoms with Crippen molar-refractivity contribution >= 4 is 11.3 Å². The van der Waals surface area contributed by atoms with Crippen LogP contribution in [0.1, 0.15) is 43.4 Å².